The molecule has 1 aromatic rings. The van der Waals surface area contributed by atoms with Gasteiger partial charge in [-0.3, -0.25) is 14.5 Å². The lowest BCUT2D eigenvalue weighted by molar-refractivity contribution is -0.137. The molecular formula is C16H18N2O5. The van der Waals surface area contributed by atoms with Gasteiger partial charge in [0.1, 0.15) is 0 Å². The fourth-order valence-corrected chi connectivity index (χ4v) is 2.17. The number of nitrogens with zero attached hydrogens (tertiary/aromatic N) is 1. The molecule has 2 rings (SSSR count). The first kappa shape index (κ1) is 16.7. The molecule has 1 aromatic carbocycles. The number of rotatable bonds is 7. The van der Waals surface area contributed by atoms with Gasteiger partial charge in [-0.1, -0.05) is 12.1 Å². The third-order valence-electron chi connectivity index (χ3n) is 3.20. The summed E-state index contributed by atoms with van der Waals surface area (Å²) in [6.45, 7) is 2.23. The van der Waals surface area contributed by atoms with E-state index in [1.54, 1.807) is 31.2 Å². The Morgan fingerprint density at radius 1 is 1.22 bits per heavy atom. The highest BCUT2D eigenvalue weighted by molar-refractivity contribution is 6.21. The highest BCUT2D eigenvalue weighted by atomic mass is 16.5. The molecule has 23 heavy (non-hydrogen) atoms. The van der Waals surface area contributed by atoms with Crippen molar-refractivity contribution in [3.63, 3.8) is 0 Å². The maximum absolute atomic E-state index is 12.1. The minimum Gasteiger partial charge on any atom is -0.463 e. The predicted molar refractivity (Wildman–Crippen MR) is 81.5 cm³/mol. The van der Waals surface area contributed by atoms with Crippen LogP contribution in [0.5, 0.6) is 0 Å². The second kappa shape index (κ2) is 7.55. The fourth-order valence-electron chi connectivity index (χ4n) is 2.17. The van der Waals surface area contributed by atoms with Gasteiger partial charge in [0.05, 0.1) is 37.5 Å². The van der Waals surface area contributed by atoms with E-state index >= 15 is 0 Å². The van der Waals surface area contributed by atoms with Crippen molar-refractivity contribution < 1.29 is 23.9 Å². The molecule has 0 fully saturated rings. The molecule has 0 aliphatic carbocycles. The quantitative estimate of drug-likeness (QED) is 0.344. The number of carbonyl (C=O) groups excluding carboxylic acids is 3. The third kappa shape index (κ3) is 3.95. The highest BCUT2D eigenvalue weighted by Crippen LogP contribution is 2.21. The van der Waals surface area contributed by atoms with Crippen LogP contribution < -0.4 is 5.73 Å². The first-order chi connectivity index (χ1) is 11.0. The summed E-state index contributed by atoms with van der Waals surface area (Å²) in [6.07, 6.45) is 1.14. The Bertz CT molecular complexity index is 619. The van der Waals surface area contributed by atoms with Gasteiger partial charge in [-0.2, -0.15) is 0 Å². The van der Waals surface area contributed by atoms with Gasteiger partial charge in [0.15, 0.2) is 0 Å². The average Bonchev–Trinajstić information content (AvgIpc) is 2.76. The van der Waals surface area contributed by atoms with Crippen LogP contribution in [-0.4, -0.2) is 49.0 Å². The Morgan fingerprint density at radius 2 is 1.83 bits per heavy atom. The third-order valence-corrected chi connectivity index (χ3v) is 3.20. The van der Waals surface area contributed by atoms with Gasteiger partial charge in [0, 0.05) is 11.8 Å². The Labute approximate surface area is 133 Å². The van der Waals surface area contributed by atoms with Crippen molar-refractivity contribution in [3.05, 3.63) is 47.2 Å². The number of hydrogen-bond acceptors (Lipinski definition) is 6. The van der Waals surface area contributed by atoms with Crippen LogP contribution in [0.4, 0.5) is 0 Å². The van der Waals surface area contributed by atoms with Gasteiger partial charge < -0.3 is 15.2 Å². The van der Waals surface area contributed by atoms with Crippen molar-refractivity contribution in [1.29, 1.82) is 0 Å². The van der Waals surface area contributed by atoms with E-state index in [9.17, 15) is 14.4 Å². The first-order valence-electron chi connectivity index (χ1n) is 7.20. The van der Waals surface area contributed by atoms with E-state index in [0.717, 1.165) is 11.0 Å². The smallest absolute Gasteiger partial charge is 0.332 e. The van der Waals surface area contributed by atoms with Gasteiger partial charge in [-0.15, -0.1) is 0 Å². The van der Waals surface area contributed by atoms with Gasteiger partial charge in [0.25, 0.3) is 11.8 Å². The maximum Gasteiger partial charge on any atom is 0.332 e. The summed E-state index contributed by atoms with van der Waals surface area (Å²) >= 11 is 0. The van der Waals surface area contributed by atoms with Gasteiger partial charge >= 0.3 is 5.97 Å². The molecule has 7 heteroatoms. The lowest BCUT2D eigenvalue weighted by Crippen LogP contribution is -2.33. The Kier molecular flexibility index (Phi) is 5.48. The number of benzene rings is 1. The molecule has 0 aromatic heterocycles. The second-order valence-corrected chi connectivity index (χ2v) is 4.83. The number of hydrogen-bond donors (Lipinski definition) is 1. The summed E-state index contributed by atoms with van der Waals surface area (Å²) < 4.78 is 10.0. The lowest BCUT2D eigenvalue weighted by Gasteiger charge is -2.13. The number of amides is 2. The Morgan fingerprint density at radius 3 is 2.39 bits per heavy atom. The number of ether oxygens (including phenoxy) is 2. The monoisotopic (exact) mass is 318 g/mol. The molecule has 0 saturated carbocycles. The number of carbonyl (C=O) groups is 3. The summed E-state index contributed by atoms with van der Waals surface area (Å²) in [4.78, 5) is 36.5. The minimum absolute atomic E-state index is 0.0159. The zero-order valence-corrected chi connectivity index (χ0v) is 12.8. The largest absolute Gasteiger partial charge is 0.463 e. The van der Waals surface area contributed by atoms with E-state index in [2.05, 4.69) is 0 Å². The van der Waals surface area contributed by atoms with E-state index in [-0.39, 0.29) is 43.9 Å². The Balaban J connectivity index is 1.81. The van der Waals surface area contributed by atoms with Crippen molar-refractivity contribution in [2.75, 3.05) is 26.4 Å². The topological polar surface area (TPSA) is 98.9 Å². The molecule has 0 spiro atoms. The lowest BCUT2D eigenvalue weighted by atomic mass is 10.1. The van der Waals surface area contributed by atoms with Gasteiger partial charge in [-0.05, 0) is 19.1 Å². The molecule has 0 saturated heterocycles. The minimum atomic E-state index is -0.533. The second-order valence-electron chi connectivity index (χ2n) is 4.83. The van der Waals surface area contributed by atoms with Crippen LogP contribution in [0.1, 0.15) is 27.6 Å². The predicted octanol–water partition coefficient (Wildman–Crippen LogP) is 0.705. The molecule has 122 valence electrons. The summed E-state index contributed by atoms with van der Waals surface area (Å²) in [6, 6.07) is 6.67. The van der Waals surface area contributed by atoms with Crippen molar-refractivity contribution in [2.24, 2.45) is 5.73 Å². The number of nitrogens with two attached hydrogens (primary N) is 1. The zero-order chi connectivity index (χ0) is 16.8. The molecule has 0 radical (unpaired) electrons. The van der Waals surface area contributed by atoms with Crippen molar-refractivity contribution >= 4 is 17.8 Å². The molecule has 2 amide bonds. The average molecular weight is 318 g/mol. The van der Waals surface area contributed by atoms with Gasteiger partial charge in [0.2, 0.25) is 0 Å². The van der Waals surface area contributed by atoms with Crippen LogP contribution in [0.3, 0.4) is 0 Å². The molecule has 1 heterocycles. The first-order valence-corrected chi connectivity index (χ1v) is 7.20. The van der Waals surface area contributed by atoms with Crippen LogP contribution in [0.2, 0.25) is 0 Å². The number of fused-ring (bicyclic) bond motifs is 1. The highest BCUT2D eigenvalue weighted by Gasteiger charge is 2.34. The maximum atomic E-state index is 12.1. The summed E-state index contributed by atoms with van der Waals surface area (Å²) in [5.41, 5.74) is 6.63. The molecule has 1 aliphatic heterocycles. The van der Waals surface area contributed by atoms with Crippen molar-refractivity contribution in [1.82, 2.24) is 4.90 Å². The summed E-state index contributed by atoms with van der Waals surface area (Å²) in [7, 11) is 0. The molecule has 0 atom stereocenters. The summed E-state index contributed by atoms with van der Waals surface area (Å²) in [5, 5.41) is 0. The SMILES string of the molecule is CCOC(=O)/C=C(/N)COCCN1C(=O)c2ccccc2C1=O. The molecule has 1 aliphatic rings. The van der Waals surface area contributed by atoms with E-state index < -0.39 is 5.97 Å². The Hall–Kier alpha value is -2.67. The molecule has 7 nitrogen and oxygen atoms in total. The van der Waals surface area contributed by atoms with Crippen LogP contribution in [0, 0.1) is 0 Å². The van der Waals surface area contributed by atoms with E-state index in [4.69, 9.17) is 15.2 Å². The molecular weight excluding hydrogens is 300 g/mol. The van der Waals surface area contributed by atoms with E-state index in [1.807, 2.05) is 0 Å². The van der Waals surface area contributed by atoms with E-state index in [1.165, 1.54) is 0 Å². The van der Waals surface area contributed by atoms with Crippen LogP contribution in [-0.2, 0) is 14.3 Å². The van der Waals surface area contributed by atoms with Crippen molar-refractivity contribution in [3.8, 4) is 0 Å². The van der Waals surface area contributed by atoms with Crippen LogP contribution >= 0.6 is 0 Å². The standard InChI is InChI=1S/C16H18N2O5/c1-2-23-14(19)9-11(17)10-22-8-7-18-15(20)12-5-3-4-6-13(12)16(18)21/h3-6,9H,2,7-8,10,17H2,1H3/b11-9+. The molecule has 0 unspecified atom stereocenters. The fraction of sp³-hybridized carbons (Fsp3) is 0.312. The van der Waals surface area contributed by atoms with Crippen molar-refractivity contribution in [2.45, 2.75) is 6.92 Å². The summed E-state index contributed by atoms with van der Waals surface area (Å²) in [5.74, 6) is -1.19. The van der Waals surface area contributed by atoms with E-state index in [0.29, 0.717) is 11.1 Å². The number of imide groups is 1. The normalized spacial score (nSPS) is 14.1. The van der Waals surface area contributed by atoms with Crippen LogP contribution in [0.25, 0.3) is 0 Å². The van der Waals surface area contributed by atoms with Gasteiger partial charge in [-0.25, -0.2) is 4.79 Å². The molecule has 0 bridgehead atoms. The zero-order valence-electron chi connectivity index (χ0n) is 12.8. The number of esters is 1. The molecule has 2 N–H and O–H groups in total. The van der Waals surface area contributed by atoms with Crippen LogP contribution in [0.15, 0.2) is 36.0 Å².